The zero-order valence-electron chi connectivity index (χ0n) is 10.2. The van der Waals surface area contributed by atoms with E-state index in [9.17, 15) is 13.2 Å². The van der Waals surface area contributed by atoms with Gasteiger partial charge in [-0.1, -0.05) is 26.0 Å². The summed E-state index contributed by atoms with van der Waals surface area (Å²) in [5.41, 5.74) is 0.822. The molecule has 18 heavy (non-hydrogen) atoms. The van der Waals surface area contributed by atoms with E-state index in [-0.39, 0.29) is 17.9 Å². The quantitative estimate of drug-likeness (QED) is 0.798. The number of hydrogen-bond acceptors (Lipinski definition) is 3. The molecule has 1 aromatic carbocycles. The van der Waals surface area contributed by atoms with Gasteiger partial charge < -0.3 is 5.11 Å². The highest BCUT2D eigenvalue weighted by atomic mass is 32.2. The smallest absolute Gasteiger partial charge is 0.335 e. The van der Waals surface area contributed by atoms with Crippen molar-refractivity contribution in [2.45, 2.75) is 25.5 Å². The number of hydrogen-bond donors (Lipinski definition) is 2. The average molecular weight is 272 g/mol. The fourth-order valence-electron chi connectivity index (χ4n) is 1.70. The second-order valence-corrected chi connectivity index (χ2v) is 6.14. The minimum atomic E-state index is -4.11. The summed E-state index contributed by atoms with van der Waals surface area (Å²) in [7, 11) is -4.11. The maximum atomic E-state index is 11.2. The normalized spacial score (nSPS) is 13.6. The first-order valence-electron chi connectivity index (χ1n) is 5.50. The minimum Gasteiger partial charge on any atom is -0.478 e. The Morgan fingerprint density at radius 2 is 1.72 bits per heavy atom. The summed E-state index contributed by atoms with van der Waals surface area (Å²) in [6.45, 7) is 3.42. The lowest BCUT2D eigenvalue weighted by molar-refractivity contribution is 0.0697. The number of carbonyl (C=O) groups is 1. The molecule has 0 fully saturated rings. The molecule has 0 aliphatic heterocycles. The zero-order valence-corrected chi connectivity index (χ0v) is 11.0. The molecule has 0 aliphatic rings. The Balaban J connectivity index is 2.92. The van der Waals surface area contributed by atoms with Gasteiger partial charge in [-0.05, 0) is 30.0 Å². The number of carboxylic acid groups (broad SMARTS) is 1. The monoisotopic (exact) mass is 272 g/mol. The van der Waals surface area contributed by atoms with Crippen molar-refractivity contribution in [2.24, 2.45) is 5.92 Å². The molecule has 0 saturated heterocycles. The topological polar surface area (TPSA) is 91.7 Å². The molecule has 2 N–H and O–H groups in total. The van der Waals surface area contributed by atoms with Crippen LogP contribution in [0.4, 0.5) is 0 Å². The Hall–Kier alpha value is -1.40. The van der Waals surface area contributed by atoms with Crippen LogP contribution in [0.3, 0.4) is 0 Å². The van der Waals surface area contributed by atoms with Crippen LogP contribution in [0.2, 0.25) is 0 Å². The summed E-state index contributed by atoms with van der Waals surface area (Å²) in [6.07, 6.45) is 0.163. The van der Waals surface area contributed by atoms with Gasteiger partial charge in [-0.25, -0.2) is 4.79 Å². The van der Waals surface area contributed by atoms with Crippen LogP contribution < -0.4 is 0 Å². The van der Waals surface area contributed by atoms with Crippen LogP contribution in [0.1, 0.15) is 29.8 Å². The summed E-state index contributed by atoms with van der Waals surface area (Å²) in [6, 6.07) is 5.95. The van der Waals surface area contributed by atoms with Gasteiger partial charge in [-0.3, -0.25) is 4.55 Å². The van der Waals surface area contributed by atoms with Gasteiger partial charge in [0, 0.05) is 0 Å². The average Bonchev–Trinajstić information content (AvgIpc) is 2.24. The fraction of sp³-hybridized carbons (Fsp3) is 0.417. The number of carboxylic acids is 1. The van der Waals surface area contributed by atoms with E-state index in [1.54, 1.807) is 26.0 Å². The van der Waals surface area contributed by atoms with Gasteiger partial charge in [-0.2, -0.15) is 8.42 Å². The van der Waals surface area contributed by atoms with Crippen LogP contribution >= 0.6 is 0 Å². The molecule has 0 bridgehead atoms. The van der Waals surface area contributed by atoms with Crippen LogP contribution in [0, 0.1) is 5.92 Å². The summed E-state index contributed by atoms with van der Waals surface area (Å²) in [5.74, 6) is -1.25. The van der Waals surface area contributed by atoms with Crippen LogP contribution in [-0.4, -0.2) is 29.3 Å². The third kappa shape index (κ3) is 3.82. The van der Waals surface area contributed by atoms with E-state index in [0.717, 1.165) is 0 Å². The predicted octanol–water partition coefficient (Wildman–Crippen LogP) is 1.84. The van der Waals surface area contributed by atoms with E-state index < -0.39 is 21.3 Å². The SMILES string of the molecule is CC(C)C(Cc1ccc(C(=O)O)cc1)S(=O)(=O)O. The molecule has 0 radical (unpaired) electrons. The highest BCUT2D eigenvalue weighted by Gasteiger charge is 2.26. The molecule has 0 saturated carbocycles. The number of rotatable bonds is 5. The lowest BCUT2D eigenvalue weighted by Gasteiger charge is -2.17. The van der Waals surface area contributed by atoms with E-state index in [1.165, 1.54) is 12.1 Å². The molecule has 1 rings (SSSR count). The van der Waals surface area contributed by atoms with Crippen molar-refractivity contribution in [3.05, 3.63) is 35.4 Å². The number of benzene rings is 1. The van der Waals surface area contributed by atoms with Gasteiger partial charge in [0.25, 0.3) is 10.1 Å². The lowest BCUT2D eigenvalue weighted by atomic mass is 10.0. The Kier molecular flexibility index (Phi) is 4.48. The van der Waals surface area contributed by atoms with Gasteiger partial charge in [-0.15, -0.1) is 0 Å². The third-order valence-electron chi connectivity index (χ3n) is 2.76. The van der Waals surface area contributed by atoms with E-state index in [2.05, 4.69) is 0 Å². The first-order valence-corrected chi connectivity index (χ1v) is 7.00. The van der Waals surface area contributed by atoms with Crippen LogP contribution in [-0.2, 0) is 16.5 Å². The maximum absolute atomic E-state index is 11.2. The van der Waals surface area contributed by atoms with Gasteiger partial charge in [0.1, 0.15) is 0 Å². The van der Waals surface area contributed by atoms with Crippen molar-refractivity contribution >= 4 is 16.1 Å². The highest BCUT2D eigenvalue weighted by molar-refractivity contribution is 7.86. The second kappa shape index (κ2) is 5.49. The van der Waals surface area contributed by atoms with E-state index in [1.807, 2.05) is 0 Å². The van der Waals surface area contributed by atoms with Crippen molar-refractivity contribution in [1.29, 1.82) is 0 Å². The summed E-state index contributed by atoms with van der Waals surface area (Å²) in [5, 5.41) is 7.86. The Morgan fingerprint density at radius 3 is 2.06 bits per heavy atom. The standard InChI is InChI=1S/C12H16O5S/c1-8(2)11(18(15,16)17)7-9-3-5-10(6-4-9)12(13)14/h3-6,8,11H,7H2,1-2H3,(H,13,14)(H,15,16,17). The largest absolute Gasteiger partial charge is 0.478 e. The third-order valence-corrected chi connectivity index (χ3v) is 4.24. The van der Waals surface area contributed by atoms with Crippen molar-refractivity contribution in [1.82, 2.24) is 0 Å². The van der Waals surface area contributed by atoms with Crippen LogP contribution in [0.5, 0.6) is 0 Å². The molecule has 0 heterocycles. The van der Waals surface area contributed by atoms with Crippen molar-refractivity contribution < 1.29 is 22.9 Å². The summed E-state index contributed by atoms with van der Waals surface area (Å²) < 4.78 is 31.6. The first-order chi connectivity index (χ1) is 8.21. The molecule has 100 valence electrons. The predicted molar refractivity (Wildman–Crippen MR) is 67.3 cm³/mol. The van der Waals surface area contributed by atoms with E-state index in [0.29, 0.717) is 5.56 Å². The molecule has 1 atom stereocenters. The zero-order chi connectivity index (χ0) is 13.9. The van der Waals surface area contributed by atoms with Crippen molar-refractivity contribution in [3.8, 4) is 0 Å². The maximum Gasteiger partial charge on any atom is 0.335 e. The fourth-order valence-corrected chi connectivity index (χ4v) is 2.79. The molecule has 0 spiro atoms. The first kappa shape index (κ1) is 14.7. The van der Waals surface area contributed by atoms with Gasteiger partial charge in [0.2, 0.25) is 0 Å². The molecule has 5 nitrogen and oxygen atoms in total. The molecule has 1 unspecified atom stereocenters. The molecule has 0 aromatic heterocycles. The molecular weight excluding hydrogens is 256 g/mol. The minimum absolute atomic E-state index is 0.145. The highest BCUT2D eigenvalue weighted by Crippen LogP contribution is 2.17. The van der Waals surface area contributed by atoms with E-state index in [4.69, 9.17) is 9.66 Å². The molecular formula is C12H16O5S. The molecule has 0 aliphatic carbocycles. The van der Waals surface area contributed by atoms with Crippen LogP contribution in [0.25, 0.3) is 0 Å². The second-order valence-electron chi connectivity index (χ2n) is 4.50. The van der Waals surface area contributed by atoms with Crippen molar-refractivity contribution in [2.75, 3.05) is 0 Å². The summed E-state index contributed by atoms with van der Waals surface area (Å²) in [4.78, 5) is 10.7. The molecule has 6 heteroatoms. The summed E-state index contributed by atoms with van der Waals surface area (Å²) >= 11 is 0. The Morgan fingerprint density at radius 1 is 1.22 bits per heavy atom. The van der Waals surface area contributed by atoms with Gasteiger partial charge >= 0.3 is 5.97 Å². The van der Waals surface area contributed by atoms with Gasteiger partial charge in [0.05, 0.1) is 10.8 Å². The van der Waals surface area contributed by atoms with E-state index >= 15 is 0 Å². The Labute approximate surface area is 106 Å². The Bertz CT molecular complexity index is 516. The lowest BCUT2D eigenvalue weighted by Crippen LogP contribution is -2.28. The van der Waals surface area contributed by atoms with Crippen LogP contribution in [0.15, 0.2) is 24.3 Å². The molecule has 1 aromatic rings. The number of aromatic carboxylic acids is 1. The van der Waals surface area contributed by atoms with Crippen molar-refractivity contribution in [3.63, 3.8) is 0 Å². The molecule has 0 amide bonds. The van der Waals surface area contributed by atoms with Gasteiger partial charge in [0.15, 0.2) is 0 Å².